The number of hydrogen-bond donors (Lipinski definition) is 1. The van der Waals surface area contributed by atoms with Crippen LogP contribution >= 0.6 is 0 Å². The van der Waals surface area contributed by atoms with Crippen molar-refractivity contribution in [3.05, 3.63) is 71.8 Å². The minimum absolute atomic E-state index is 0.0253. The van der Waals surface area contributed by atoms with Crippen molar-refractivity contribution in [2.75, 3.05) is 32.9 Å². The van der Waals surface area contributed by atoms with Crippen LogP contribution < -0.4 is 0 Å². The zero-order chi connectivity index (χ0) is 17.7. The molecular weight excluding hydrogens is 318 g/mol. The lowest BCUT2D eigenvalue weighted by Crippen LogP contribution is -2.36. The van der Waals surface area contributed by atoms with E-state index in [9.17, 15) is 4.79 Å². The second-order valence-electron chi connectivity index (χ2n) is 5.60. The lowest BCUT2D eigenvalue weighted by Gasteiger charge is -2.22. The molecule has 0 aliphatic carbocycles. The normalized spacial score (nSPS) is 10.4. The maximum absolute atomic E-state index is 12.4. The first-order valence-electron chi connectivity index (χ1n) is 8.48. The van der Waals surface area contributed by atoms with Gasteiger partial charge in [-0.25, -0.2) is 4.79 Å². The van der Waals surface area contributed by atoms with E-state index >= 15 is 0 Å². The van der Waals surface area contributed by atoms with Gasteiger partial charge < -0.3 is 19.5 Å². The summed E-state index contributed by atoms with van der Waals surface area (Å²) in [5.41, 5.74) is 2.12. The molecule has 0 radical (unpaired) electrons. The summed E-state index contributed by atoms with van der Waals surface area (Å²) < 4.78 is 10.7. The van der Waals surface area contributed by atoms with Crippen LogP contribution in [0.2, 0.25) is 0 Å². The van der Waals surface area contributed by atoms with Crippen molar-refractivity contribution in [1.82, 2.24) is 4.90 Å². The predicted octanol–water partition coefficient (Wildman–Crippen LogP) is 2.88. The van der Waals surface area contributed by atoms with Gasteiger partial charge in [0.05, 0.1) is 19.8 Å². The highest BCUT2D eigenvalue weighted by atomic mass is 16.6. The lowest BCUT2D eigenvalue weighted by molar-refractivity contribution is 0.0590. The fourth-order valence-corrected chi connectivity index (χ4v) is 2.36. The van der Waals surface area contributed by atoms with E-state index in [0.717, 1.165) is 12.0 Å². The van der Waals surface area contributed by atoms with E-state index in [4.69, 9.17) is 14.6 Å². The lowest BCUT2D eigenvalue weighted by atomic mass is 10.1. The van der Waals surface area contributed by atoms with E-state index in [1.54, 1.807) is 4.90 Å². The van der Waals surface area contributed by atoms with E-state index in [2.05, 4.69) is 0 Å². The molecule has 0 saturated heterocycles. The van der Waals surface area contributed by atoms with Gasteiger partial charge in [-0.3, -0.25) is 0 Å². The summed E-state index contributed by atoms with van der Waals surface area (Å²) in [6.45, 7) is 1.85. The molecule has 5 nitrogen and oxygen atoms in total. The third kappa shape index (κ3) is 7.37. The van der Waals surface area contributed by atoms with Crippen LogP contribution in [0.5, 0.6) is 0 Å². The molecule has 0 bridgehead atoms. The maximum atomic E-state index is 12.4. The van der Waals surface area contributed by atoms with E-state index in [0.29, 0.717) is 19.7 Å². The molecule has 0 spiro atoms. The number of aliphatic hydroxyl groups is 1. The number of amides is 1. The van der Waals surface area contributed by atoms with Crippen LogP contribution in [0.4, 0.5) is 4.79 Å². The Morgan fingerprint density at radius 1 is 0.880 bits per heavy atom. The Labute approximate surface area is 148 Å². The van der Waals surface area contributed by atoms with Crippen LogP contribution in [0.1, 0.15) is 11.1 Å². The highest BCUT2D eigenvalue weighted by Crippen LogP contribution is 2.06. The maximum Gasteiger partial charge on any atom is 0.410 e. The Balaban J connectivity index is 1.86. The van der Waals surface area contributed by atoms with Crippen LogP contribution in [0, 0.1) is 0 Å². The third-order valence-corrected chi connectivity index (χ3v) is 3.72. The van der Waals surface area contributed by atoms with Gasteiger partial charge in [-0.2, -0.15) is 0 Å². The first-order valence-corrected chi connectivity index (χ1v) is 8.48. The summed E-state index contributed by atoms with van der Waals surface area (Å²) >= 11 is 0. The number of carbonyl (C=O) groups is 1. The standard InChI is InChI=1S/C20H25NO4/c22-14-16-24-15-13-21(12-11-18-7-3-1-4-8-18)20(23)25-17-19-9-5-2-6-10-19/h1-10,22H,11-17H2. The van der Waals surface area contributed by atoms with Crippen LogP contribution in [-0.4, -0.2) is 49.0 Å². The van der Waals surface area contributed by atoms with E-state index in [1.165, 1.54) is 5.56 Å². The van der Waals surface area contributed by atoms with Crippen molar-refractivity contribution in [1.29, 1.82) is 0 Å². The number of rotatable bonds is 10. The van der Waals surface area contributed by atoms with Crippen molar-refractivity contribution in [2.45, 2.75) is 13.0 Å². The van der Waals surface area contributed by atoms with Crippen molar-refractivity contribution in [2.24, 2.45) is 0 Å². The van der Waals surface area contributed by atoms with Crippen molar-refractivity contribution < 1.29 is 19.4 Å². The summed E-state index contributed by atoms with van der Waals surface area (Å²) in [5.74, 6) is 0. The van der Waals surface area contributed by atoms with Crippen LogP contribution in [-0.2, 0) is 22.5 Å². The van der Waals surface area contributed by atoms with Gasteiger partial charge in [0.15, 0.2) is 0 Å². The fraction of sp³-hybridized carbons (Fsp3) is 0.350. The molecule has 25 heavy (non-hydrogen) atoms. The minimum Gasteiger partial charge on any atom is -0.445 e. The highest BCUT2D eigenvalue weighted by Gasteiger charge is 2.15. The van der Waals surface area contributed by atoms with E-state index < -0.39 is 0 Å². The Morgan fingerprint density at radius 3 is 2.16 bits per heavy atom. The van der Waals surface area contributed by atoms with Crippen molar-refractivity contribution in [3.8, 4) is 0 Å². The van der Waals surface area contributed by atoms with Crippen molar-refractivity contribution >= 4 is 6.09 Å². The number of aliphatic hydroxyl groups excluding tert-OH is 1. The number of benzene rings is 2. The summed E-state index contributed by atoms with van der Waals surface area (Å²) in [5, 5.41) is 8.77. The van der Waals surface area contributed by atoms with Gasteiger partial charge in [0.1, 0.15) is 6.61 Å². The quantitative estimate of drug-likeness (QED) is 0.674. The summed E-state index contributed by atoms with van der Waals surface area (Å²) in [6, 6.07) is 19.6. The van der Waals surface area contributed by atoms with Crippen LogP contribution in [0.3, 0.4) is 0 Å². The Hall–Kier alpha value is -2.37. The van der Waals surface area contributed by atoms with Gasteiger partial charge in [-0.1, -0.05) is 60.7 Å². The minimum atomic E-state index is -0.354. The molecule has 0 aromatic heterocycles. The Bertz CT molecular complexity index is 604. The topological polar surface area (TPSA) is 59.0 Å². The van der Waals surface area contributed by atoms with Crippen LogP contribution in [0.15, 0.2) is 60.7 Å². The fourth-order valence-electron chi connectivity index (χ4n) is 2.36. The predicted molar refractivity (Wildman–Crippen MR) is 96.3 cm³/mol. The Morgan fingerprint density at radius 2 is 1.52 bits per heavy atom. The second kappa shape index (κ2) is 11.2. The highest BCUT2D eigenvalue weighted by molar-refractivity contribution is 5.67. The zero-order valence-electron chi connectivity index (χ0n) is 14.3. The molecule has 134 valence electrons. The molecule has 2 rings (SSSR count). The molecule has 0 unspecified atom stereocenters. The van der Waals surface area contributed by atoms with Gasteiger partial charge >= 0.3 is 6.09 Å². The van der Waals surface area contributed by atoms with Gasteiger partial charge in [-0.05, 0) is 17.5 Å². The summed E-state index contributed by atoms with van der Waals surface area (Å²) in [4.78, 5) is 14.0. The van der Waals surface area contributed by atoms with Gasteiger partial charge in [-0.15, -0.1) is 0 Å². The second-order valence-corrected chi connectivity index (χ2v) is 5.60. The molecule has 5 heteroatoms. The smallest absolute Gasteiger partial charge is 0.410 e. The monoisotopic (exact) mass is 343 g/mol. The molecule has 0 aliphatic heterocycles. The largest absolute Gasteiger partial charge is 0.445 e. The van der Waals surface area contributed by atoms with Crippen molar-refractivity contribution in [3.63, 3.8) is 0 Å². The molecule has 1 amide bonds. The Kier molecular flexibility index (Phi) is 8.52. The average molecular weight is 343 g/mol. The van der Waals surface area contributed by atoms with E-state index in [1.807, 2.05) is 60.7 Å². The van der Waals surface area contributed by atoms with Gasteiger partial charge in [0.25, 0.3) is 0 Å². The molecule has 0 aliphatic rings. The van der Waals surface area contributed by atoms with E-state index in [-0.39, 0.29) is 25.9 Å². The molecule has 1 N–H and O–H groups in total. The van der Waals surface area contributed by atoms with Gasteiger partial charge in [0.2, 0.25) is 0 Å². The molecule has 0 fully saturated rings. The average Bonchev–Trinajstić information content (AvgIpc) is 2.67. The summed E-state index contributed by atoms with van der Waals surface area (Å²) in [7, 11) is 0. The molecule has 2 aromatic rings. The number of carbonyl (C=O) groups excluding carboxylic acids is 1. The number of ether oxygens (including phenoxy) is 2. The molecule has 0 saturated carbocycles. The third-order valence-electron chi connectivity index (χ3n) is 3.72. The summed E-state index contributed by atoms with van der Waals surface area (Å²) in [6.07, 6.45) is 0.397. The zero-order valence-corrected chi connectivity index (χ0v) is 14.3. The first-order chi connectivity index (χ1) is 12.3. The molecular formula is C20H25NO4. The molecule has 0 atom stereocenters. The number of nitrogens with zero attached hydrogens (tertiary/aromatic N) is 1. The first kappa shape index (κ1) is 19.0. The SMILES string of the molecule is O=C(OCc1ccccc1)N(CCOCCO)CCc1ccccc1. The molecule has 2 aromatic carbocycles. The molecule has 0 heterocycles. The van der Waals surface area contributed by atoms with Gasteiger partial charge in [0, 0.05) is 13.1 Å². The number of hydrogen-bond acceptors (Lipinski definition) is 4. The van der Waals surface area contributed by atoms with Crippen LogP contribution in [0.25, 0.3) is 0 Å².